The molecular formula is C6H10BrN3. The van der Waals surface area contributed by atoms with Crippen LogP contribution < -0.4 is 5.73 Å². The first-order valence-electron chi connectivity index (χ1n) is 3.02. The minimum Gasteiger partial charge on any atom is -0.382 e. The molecule has 0 saturated heterocycles. The Morgan fingerprint density at radius 3 is 2.20 bits per heavy atom. The van der Waals surface area contributed by atoms with Crippen molar-refractivity contribution in [3.63, 3.8) is 0 Å². The normalized spacial score (nSPS) is 7.90. The van der Waals surface area contributed by atoms with Crippen molar-refractivity contribution in [1.82, 2.24) is 9.97 Å². The largest absolute Gasteiger partial charge is 0.382 e. The van der Waals surface area contributed by atoms with Gasteiger partial charge in [-0.2, -0.15) is 0 Å². The zero-order valence-electron chi connectivity index (χ0n) is 6.00. The summed E-state index contributed by atoms with van der Waals surface area (Å²) in [4.78, 5) is 7.55. The van der Waals surface area contributed by atoms with E-state index in [0.717, 1.165) is 0 Å². The van der Waals surface area contributed by atoms with Gasteiger partial charge in [-0.1, -0.05) is 13.8 Å². The Hall–Kier alpha value is -0.640. The minimum absolute atomic E-state index is 0.438. The Morgan fingerprint density at radius 1 is 1.30 bits per heavy atom. The van der Waals surface area contributed by atoms with E-state index in [1.807, 2.05) is 13.8 Å². The molecule has 1 aromatic rings. The molecule has 0 aliphatic carbocycles. The van der Waals surface area contributed by atoms with Crippen molar-refractivity contribution in [3.8, 4) is 0 Å². The Kier molecular flexibility index (Phi) is 4.84. The average Bonchev–Trinajstić information content (AvgIpc) is 2.00. The lowest BCUT2D eigenvalue weighted by Crippen LogP contribution is -1.89. The highest BCUT2D eigenvalue weighted by Gasteiger charge is 1.84. The smallest absolute Gasteiger partial charge is 0.141 e. The van der Waals surface area contributed by atoms with Crippen molar-refractivity contribution in [1.29, 1.82) is 0 Å². The van der Waals surface area contributed by atoms with Crippen LogP contribution in [0.15, 0.2) is 17.0 Å². The van der Waals surface area contributed by atoms with Gasteiger partial charge in [-0.05, 0) is 15.9 Å². The van der Waals surface area contributed by atoms with Crippen molar-refractivity contribution >= 4 is 21.7 Å². The maximum Gasteiger partial charge on any atom is 0.141 e. The SMILES string of the molecule is CC.Nc1cnc(Br)cn1. The molecule has 0 aliphatic rings. The molecule has 0 radical (unpaired) electrons. The number of anilines is 1. The summed E-state index contributed by atoms with van der Waals surface area (Å²) in [5.74, 6) is 0.438. The van der Waals surface area contributed by atoms with Crippen molar-refractivity contribution in [3.05, 3.63) is 17.0 Å². The predicted octanol–water partition coefficient (Wildman–Crippen LogP) is 1.85. The van der Waals surface area contributed by atoms with E-state index in [2.05, 4.69) is 25.9 Å². The lowest BCUT2D eigenvalue weighted by atomic mass is 10.7. The molecule has 56 valence electrons. The quantitative estimate of drug-likeness (QED) is 0.701. The van der Waals surface area contributed by atoms with Gasteiger partial charge in [0.1, 0.15) is 10.4 Å². The average molecular weight is 204 g/mol. The molecule has 4 heteroatoms. The van der Waals surface area contributed by atoms with Crippen LogP contribution in [0.2, 0.25) is 0 Å². The van der Waals surface area contributed by atoms with Crippen LogP contribution in [0.3, 0.4) is 0 Å². The van der Waals surface area contributed by atoms with Gasteiger partial charge in [-0.3, -0.25) is 0 Å². The van der Waals surface area contributed by atoms with E-state index in [0.29, 0.717) is 10.4 Å². The highest BCUT2D eigenvalue weighted by Crippen LogP contribution is 2.02. The van der Waals surface area contributed by atoms with Gasteiger partial charge >= 0.3 is 0 Å². The summed E-state index contributed by atoms with van der Waals surface area (Å²) < 4.78 is 0.701. The van der Waals surface area contributed by atoms with Crippen LogP contribution in [0.1, 0.15) is 13.8 Å². The fourth-order valence-corrected chi connectivity index (χ4v) is 0.527. The second-order valence-electron chi connectivity index (χ2n) is 1.26. The third-order valence-electron chi connectivity index (χ3n) is 0.640. The minimum atomic E-state index is 0.438. The molecule has 0 amide bonds. The Bertz CT molecular complexity index is 152. The number of aromatic nitrogens is 2. The zero-order chi connectivity index (χ0) is 7.98. The number of rotatable bonds is 0. The third kappa shape index (κ3) is 3.40. The Balaban J connectivity index is 0.000000371. The first-order valence-corrected chi connectivity index (χ1v) is 3.81. The molecule has 0 aliphatic heterocycles. The van der Waals surface area contributed by atoms with E-state index >= 15 is 0 Å². The number of hydrogen-bond donors (Lipinski definition) is 1. The maximum atomic E-state index is 5.23. The van der Waals surface area contributed by atoms with Gasteiger partial charge in [0.05, 0.1) is 12.4 Å². The van der Waals surface area contributed by atoms with E-state index < -0.39 is 0 Å². The van der Waals surface area contributed by atoms with Crippen LogP contribution in [0, 0.1) is 0 Å². The van der Waals surface area contributed by atoms with Crippen LogP contribution in [0.5, 0.6) is 0 Å². The molecule has 2 N–H and O–H groups in total. The molecular weight excluding hydrogens is 194 g/mol. The number of hydrogen-bond acceptors (Lipinski definition) is 3. The zero-order valence-corrected chi connectivity index (χ0v) is 7.59. The molecule has 0 saturated carbocycles. The van der Waals surface area contributed by atoms with Crippen LogP contribution >= 0.6 is 15.9 Å². The van der Waals surface area contributed by atoms with Gasteiger partial charge in [0.15, 0.2) is 0 Å². The number of nitrogens with two attached hydrogens (primary N) is 1. The first-order chi connectivity index (χ1) is 4.79. The van der Waals surface area contributed by atoms with Crippen LogP contribution in [0.25, 0.3) is 0 Å². The third-order valence-corrected chi connectivity index (χ3v) is 1.05. The molecule has 3 nitrogen and oxygen atoms in total. The lowest BCUT2D eigenvalue weighted by molar-refractivity contribution is 1.17. The molecule has 0 fully saturated rings. The highest BCUT2D eigenvalue weighted by molar-refractivity contribution is 9.10. The molecule has 10 heavy (non-hydrogen) atoms. The standard InChI is InChI=1S/C4H4BrN3.C2H6/c5-3-1-8-4(6)2-7-3;1-2/h1-2H,(H2,6,8);1-2H3. The van der Waals surface area contributed by atoms with E-state index in [-0.39, 0.29) is 0 Å². The van der Waals surface area contributed by atoms with Gasteiger partial charge in [-0.15, -0.1) is 0 Å². The Labute approximate surface area is 68.8 Å². The van der Waals surface area contributed by atoms with Crippen molar-refractivity contribution < 1.29 is 0 Å². The molecule has 1 rings (SSSR count). The molecule has 0 spiro atoms. The monoisotopic (exact) mass is 203 g/mol. The Morgan fingerprint density at radius 2 is 1.90 bits per heavy atom. The molecule has 1 heterocycles. The van der Waals surface area contributed by atoms with E-state index in [9.17, 15) is 0 Å². The van der Waals surface area contributed by atoms with Crippen LogP contribution in [-0.2, 0) is 0 Å². The second kappa shape index (κ2) is 5.17. The molecule has 0 unspecified atom stereocenters. The number of nitrogen functional groups attached to an aromatic ring is 1. The summed E-state index contributed by atoms with van der Waals surface area (Å²) in [5, 5.41) is 0. The summed E-state index contributed by atoms with van der Waals surface area (Å²) in [6, 6.07) is 0. The van der Waals surface area contributed by atoms with Crippen LogP contribution in [-0.4, -0.2) is 9.97 Å². The summed E-state index contributed by atoms with van der Waals surface area (Å²) in [6.07, 6.45) is 3.04. The topological polar surface area (TPSA) is 51.8 Å². The van der Waals surface area contributed by atoms with Gasteiger partial charge in [0.25, 0.3) is 0 Å². The summed E-state index contributed by atoms with van der Waals surface area (Å²) >= 11 is 3.12. The fraction of sp³-hybridized carbons (Fsp3) is 0.333. The number of halogens is 1. The van der Waals surface area contributed by atoms with Gasteiger partial charge in [-0.25, -0.2) is 9.97 Å². The van der Waals surface area contributed by atoms with Crippen molar-refractivity contribution in [2.24, 2.45) is 0 Å². The summed E-state index contributed by atoms with van der Waals surface area (Å²) in [5.41, 5.74) is 5.23. The van der Waals surface area contributed by atoms with Crippen molar-refractivity contribution in [2.75, 3.05) is 5.73 Å². The highest BCUT2D eigenvalue weighted by atomic mass is 79.9. The van der Waals surface area contributed by atoms with Gasteiger partial charge in [0, 0.05) is 0 Å². The van der Waals surface area contributed by atoms with Gasteiger partial charge in [0.2, 0.25) is 0 Å². The fourth-order valence-electron chi connectivity index (χ4n) is 0.322. The maximum absolute atomic E-state index is 5.23. The molecule has 0 aromatic carbocycles. The second-order valence-corrected chi connectivity index (χ2v) is 2.08. The molecule has 0 atom stereocenters. The molecule has 1 aromatic heterocycles. The molecule has 0 bridgehead atoms. The predicted molar refractivity (Wildman–Crippen MR) is 45.5 cm³/mol. The van der Waals surface area contributed by atoms with Crippen molar-refractivity contribution in [2.45, 2.75) is 13.8 Å². The lowest BCUT2D eigenvalue weighted by Gasteiger charge is -1.87. The summed E-state index contributed by atoms with van der Waals surface area (Å²) in [7, 11) is 0. The van der Waals surface area contributed by atoms with Gasteiger partial charge < -0.3 is 5.73 Å². The summed E-state index contributed by atoms with van der Waals surface area (Å²) in [6.45, 7) is 4.00. The first kappa shape index (κ1) is 9.36. The van der Waals surface area contributed by atoms with E-state index in [1.165, 1.54) is 6.20 Å². The van der Waals surface area contributed by atoms with E-state index in [4.69, 9.17) is 5.73 Å². The van der Waals surface area contributed by atoms with E-state index in [1.54, 1.807) is 6.20 Å². The number of nitrogens with zero attached hydrogens (tertiary/aromatic N) is 2. The van der Waals surface area contributed by atoms with Crippen LogP contribution in [0.4, 0.5) is 5.82 Å².